The van der Waals surface area contributed by atoms with Crippen molar-refractivity contribution >= 4 is 21.6 Å². The summed E-state index contributed by atoms with van der Waals surface area (Å²) in [5, 5.41) is 2.79. The molecule has 0 aliphatic heterocycles. The van der Waals surface area contributed by atoms with Gasteiger partial charge in [-0.15, -0.1) is 0 Å². The van der Waals surface area contributed by atoms with Crippen LogP contribution in [0.15, 0.2) is 70.1 Å². The molecule has 0 spiro atoms. The number of hydrogen-bond acceptors (Lipinski definition) is 5. The summed E-state index contributed by atoms with van der Waals surface area (Å²) in [5.74, 6) is 1.15. The maximum atomic E-state index is 12.5. The Hall–Kier alpha value is -2.97. The molecule has 7 nitrogen and oxygen atoms in total. The molecule has 0 aliphatic rings. The van der Waals surface area contributed by atoms with Crippen molar-refractivity contribution in [3.8, 4) is 11.3 Å². The van der Waals surface area contributed by atoms with Gasteiger partial charge in [0.1, 0.15) is 0 Å². The maximum absolute atomic E-state index is 12.5. The van der Waals surface area contributed by atoms with Crippen LogP contribution >= 0.6 is 0 Å². The van der Waals surface area contributed by atoms with Crippen LogP contribution in [0.4, 0.5) is 5.69 Å². The number of carbonyl (C=O) groups is 1. The minimum atomic E-state index is -3.54. The van der Waals surface area contributed by atoms with Gasteiger partial charge in [-0.3, -0.25) is 4.79 Å². The number of nitrogens with zero attached hydrogens (tertiary/aromatic N) is 2. The Kier molecular flexibility index (Phi) is 7.25. The molecular weight excluding hydrogens is 414 g/mol. The summed E-state index contributed by atoms with van der Waals surface area (Å²) < 4.78 is 32.1. The molecule has 3 rings (SSSR count). The number of anilines is 1. The van der Waals surface area contributed by atoms with Crippen LogP contribution in [0.25, 0.3) is 11.3 Å². The van der Waals surface area contributed by atoms with E-state index in [1.807, 2.05) is 44.2 Å². The first-order valence-electron chi connectivity index (χ1n) is 10.2. The molecule has 31 heavy (non-hydrogen) atoms. The quantitative estimate of drug-likeness (QED) is 0.533. The van der Waals surface area contributed by atoms with Gasteiger partial charge in [0.2, 0.25) is 15.9 Å². The fourth-order valence-corrected chi connectivity index (χ4v) is 4.31. The average Bonchev–Trinajstić information content (AvgIpc) is 3.23. The van der Waals surface area contributed by atoms with E-state index in [1.54, 1.807) is 25.4 Å². The Morgan fingerprint density at radius 3 is 2.42 bits per heavy atom. The van der Waals surface area contributed by atoms with Gasteiger partial charge < -0.3 is 9.73 Å². The van der Waals surface area contributed by atoms with Gasteiger partial charge in [-0.05, 0) is 44.5 Å². The number of sulfonamides is 1. The van der Waals surface area contributed by atoms with E-state index in [1.165, 1.54) is 16.4 Å². The second kappa shape index (κ2) is 9.89. The lowest BCUT2D eigenvalue weighted by Gasteiger charge is -2.21. The van der Waals surface area contributed by atoms with Crippen LogP contribution in [0.2, 0.25) is 0 Å². The molecule has 0 atom stereocenters. The first-order valence-corrected chi connectivity index (χ1v) is 11.6. The molecule has 1 heterocycles. The van der Waals surface area contributed by atoms with Gasteiger partial charge in [0.25, 0.3) is 0 Å². The van der Waals surface area contributed by atoms with Crippen molar-refractivity contribution in [3.63, 3.8) is 0 Å². The summed E-state index contributed by atoms with van der Waals surface area (Å²) in [7, 11) is -2.00. The molecule has 0 radical (unpaired) electrons. The molecule has 0 aliphatic carbocycles. The Morgan fingerprint density at radius 2 is 1.77 bits per heavy atom. The van der Waals surface area contributed by atoms with Gasteiger partial charge in [0.15, 0.2) is 11.7 Å². The van der Waals surface area contributed by atoms with Crippen molar-refractivity contribution in [2.45, 2.75) is 44.0 Å². The van der Waals surface area contributed by atoms with Gasteiger partial charge in [-0.25, -0.2) is 13.4 Å². The second-order valence-corrected chi connectivity index (χ2v) is 9.52. The van der Waals surface area contributed by atoms with Crippen LogP contribution in [-0.2, 0) is 21.2 Å². The molecule has 164 valence electrons. The molecule has 3 aromatic rings. The molecule has 0 fully saturated rings. The lowest BCUT2D eigenvalue weighted by atomic mass is 10.2. The van der Waals surface area contributed by atoms with E-state index >= 15 is 0 Å². The van der Waals surface area contributed by atoms with Gasteiger partial charge in [0, 0.05) is 37.2 Å². The predicted octanol–water partition coefficient (Wildman–Crippen LogP) is 4.33. The predicted molar refractivity (Wildman–Crippen MR) is 120 cm³/mol. The van der Waals surface area contributed by atoms with E-state index in [0.29, 0.717) is 36.6 Å². The van der Waals surface area contributed by atoms with Crippen LogP contribution in [-0.4, -0.2) is 36.7 Å². The van der Waals surface area contributed by atoms with E-state index in [9.17, 15) is 13.2 Å². The summed E-state index contributed by atoms with van der Waals surface area (Å²) >= 11 is 0. The molecule has 0 saturated carbocycles. The van der Waals surface area contributed by atoms with Crippen molar-refractivity contribution in [1.29, 1.82) is 0 Å². The first kappa shape index (κ1) is 22.7. The minimum absolute atomic E-state index is 0.142. The number of amides is 1. The lowest BCUT2D eigenvalue weighted by Crippen LogP contribution is -2.33. The number of carbonyl (C=O) groups excluding carboxylic acids is 1. The van der Waals surface area contributed by atoms with Crippen molar-refractivity contribution in [3.05, 3.63) is 66.7 Å². The van der Waals surface area contributed by atoms with Crippen LogP contribution in [0.5, 0.6) is 0 Å². The standard InChI is InChI=1S/C23H27N3O4S/c1-17(2)26(3)31(28,29)20-14-12-19(13-15-20)25-22(27)10-7-11-23-24-16-21(30-23)18-8-5-4-6-9-18/h4-6,8-9,12-17H,7,10-11H2,1-3H3,(H,25,27). The number of rotatable bonds is 9. The van der Waals surface area contributed by atoms with Crippen molar-refractivity contribution in [2.75, 3.05) is 12.4 Å². The minimum Gasteiger partial charge on any atom is -0.441 e. The normalized spacial score (nSPS) is 11.8. The summed E-state index contributed by atoms with van der Waals surface area (Å²) in [4.78, 5) is 16.7. The van der Waals surface area contributed by atoms with E-state index in [-0.39, 0.29) is 16.8 Å². The Labute approximate surface area is 183 Å². The molecule has 0 saturated heterocycles. The SMILES string of the molecule is CC(C)N(C)S(=O)(=O)c1ccc(NC(=O)CCCc2ncc(-c3ccccc3)o2)cc1. The number of hydrogen-bond donors (Lipinski definition) is 1. The number of oxazole rings is 1. The highest BCUT2D eigenvalue weighted by molar-refractivity contribution is 7.89. The number of aryl methyl sites for hydroxylation is 1. The van der Waals surface area contributed by atoms with Gasteiger partial charge in [-0.1, -0.05) is 30.3 Å². The van der Waals surface area contributed by atoms with Crippen LogP contribution < -0.4 is 5.32 Å². The zero-order valence-corrected chi connectivity index (χ0v) is 18.7. The zero-order valence-electron chi connectivity index (χ0n) is 17.9. The number of benzene rings is 2. The Balaban J connectivity index is 1.50. The average molecular weight is 442 g/mol. The van der Waals surface area contributed by atoms with Crippen molar-refractivity contribution in [1.82, 2.24) is 9.29 Å². The Bertz CT molecular complexity index is 1110. The highest BCUT2D eigenvalue weighted by Gasteiger charge is 2.22. The molecule has 1 amide bonds. The highest BCUT2D eigenvalue weighted by Crippen LogP contribution is 2.21. The molecule has 0 unspecified atom stereocenters. The van der Waals surface area contributed by atoms with E-state index in [2.05, 4.69) is 10.3 Å². The molecule has 8 heteroatoms. The zero-order chi connectivity index (χ0) is 22.4. The van der Waals surface area contributed by atoms with Crippen LogP contribution in [0, 0.1) is 0 Å². The maximum Gasteiger partial charge on any atom is 0.243 e. The first-order chi connectivity index (χ1) is 14.8. The van der Waals surface area contributed by atoms with E-state index in [0.717, 1.165) is 5.56 Å². The molecule has 0 bridgehead atoms. The van der Waals surface area contributed by atoms with Gasteiger partial charge in [0.05, 0.1) is 11.1 Å². The molecule has 1 N–H and O–H groups in total. The molecular formula is C23H27N3O4S. The third-order valence-corrected chi connectivity index (χ3v) is 7.00. The monoisotopic (exact) mass is 441 g/mol. The fourth-order valence-electron chi connectivity index (χ4n) is 2.94. The van der Waals surface area contributed by atoms with Gasteiger partial charge in [-0.2, -0.15) is 4.31 Å². The third-order valence-electron chi connectivity index (χ3n) is 4.95. The fraction of sp³-hybridized carbons (Fsp3) is 0.304. The lowest BCUT2D eigenvalue weighted by molar-refractivity contribution is -0.116. The van der Waals surface area contributed by atoms with Crippen molar-refractivity contribution < 1.29 is 17.6 Å². The summed E-state index contributed by atoms with van der Waals surface area (Å²) in [5.41, 5.74) is 1.52. The molecule has 2 aromatic carbocycles. The third kappa shape index (κ3) is 5.80. The topological polar surface area (TPSA) is 92.5 Å². The number of aromatic nitrogens is 1. The summed E-state index contributed by atoms with van der Waals surface area (Å²) in [6.45, 7) is 3.62. The van der Waals surface area contributed by atoms with Crippen molar-refractivity contribution in [2.24, 2.45) is 0 Å². The second-order valence-electron chi connectivity index (χ2n) is 7.53. The number of nitrogens with one attached hydrogen (secondary N) is 1. The summed E-state index contributed by atoms with van der Waals surface area (Å²) in [6, 6.07) is 15.8. The largest absolute Gasteiger partial charge is 0.441 e. The highest BCUT2D eigenvalue weighted by atomic mass is 32.2. The molecule has 1 aromatic heterocycles. The van der Waals surface area contributed by atoms with E-state index < -0.39 is 10.0 Å². The Morgan fingerprint density at radius 1 is 1.10 bits per heavy atom. The van der Waals surface area contributed by atoms with Gasteiger partial charge >= 0.3 is 0 Å². The van der Waals surface area contributed by atoms with Crippen LogP contribution in [0.1, 0.15) is 32.6 Å². The smallest absolute Gasteiger partial charge is 0.243 e. The summed E-state index contributed by atoms with van der Waals surface area (Å²) in [6.07, 6.45) is 3.14. The van der Waals surface area contributed by atoms with Crippen LogP contribution in [0.3, 0.4) is 0 Å². The van der Waals surface area contributed by atoms with E-state index in [4.69, 9.17) is 4.42 Å².